The largest absolute Gasteiger partial charge is 0.496 e. The molecule has 1 N–H and O–H groups in total. The van der Waals surface area contributed by atoms with Crippen LogP contribution in [0.4, 0.5) is 0 Å². The van der Waals surface area contributed by atoms with Crippen LogP contribution in [0.2, 0.25) is 0 Å². The van der Waals surface area contributed by atoms with E-state index in [4.69, 9.17) is 4.74 Å². The van der Waals surface area contributed by atoms with E-state index in [0.29, 0.717) is 18.1 Å². The molecule has 3 aromatic rings. The number of carbonyl (C=O) groups is 1. The van der Waals surface area contributed by atoms with Gasteiger partial charge in [-0.2, -0.15) is 4.68 Å². The first kappa shape index (κ1) is 18.9. The van der Waals surface area contributed by atoms with Crippen molar-refractivity contribution >= 4 is 17.7 Å². The van der Waals surface area contributed by atoms with Crippen LogP contribution in [-0.2, 0) is 11.2 Å². The van der Waals surface area contributed by atoms with Crippen molar-refractivity contribution < 1.29 is 9.53 Å². The van der Waals surface area contributed by atoms with Gasteiger partial charge in [0.25, 0.3) is 0 Å². The van der Waals surface area contributed by atoms with Crippen LogP contribution < -0.4 is 10.1 Å². The smallest absolute Gasteiger partial charge is 0.230 e. The summed E-state index contributed by atoms with van der Waals surface area (Å²) >= 11 is 1.31. The van der Waals surface area contributed by atoms with Crippen LogP contribution in [0, 0.1) is 6.92 Å². The first-order valence-electron chi connectivity index (χ1n) is 8.54. The quantitative estimate of drug-likeness (QED) is 0.602. The van der Waals surface area contributed by atoms with Crippen molar-refractivity contribution in [3.8, 4) is 11.4 Å². The lowest BCUT2D eigenvalue weighted by Gasteiger charge is -2.09. The van der Waals surface area contributed by atoms with Crippen molar-refractivity contribution in [2.24, 2.45) is 0 Å². The van der Waals surface area contributed by atoms with E-state index in [-0.39, 0.29) is 11.7 Å². The summed E-state index contributed by atoms with van der Waals surface area (Å²) in [5.41, 5.74) is 3.06. The Balaban J connectivity index is 1.51. The molecule has 0 bridgehead atoms. The molecule has 0 atom stereocenters. The first-order chi connectivity index (χ1) is 13.2. The maximum absolute atomic E-state index is 12.1. The summed E-state index contributed by atoms with van der Waals surface area (Å²) in [6.45, 7) is 2.55. The molecule has 140 valence electrons. The molecular weight excluding hydrogens is 362 g/mol. The standard InChI is InChI=1S/C19H21N5O2S/c1-14-6-5-8-16(12-14)24-19(21-22-23-24)27-13-18(25)20-11-10-15-7-3-4-9-17(15)26-2/h3-9,12H,10-11,13H2,1-2H3,(H,20,25). The summed E-state index contributed by atoms with van der Waals surface area (Å²) in [5, 5.41) is 15.3. The molecule has 0 aliphatic heterocycles. The van der Waals surface area contributed by atoms with Gasteiger partial charge in [0.15, 0.2) is 0 Å². The van der Waals surface area contributed by atoms with Gasteiger partial charge in [0.1, 0.15) is 5.75 Å². The lowest BCUT2D eigenvalue weighted by atomic mass is 10.1. The minimum Gasteiger partial charge on any atom is -0.496 e. The number of para-hydroxylation sites is 1. The highest BCUT2D eigenvalue weighted by Gasteiger charge is 2.12. The minimum atomic E-state index is -0.0614. The Bertz CT molecular complexity index is 912. The molecule has 1 amide bonds. The van der Waals surface area contributed by atoms with E-state index >= 15 is 0 Å². The number of hydrogen-bond donors (Lipinski definition) is 1. The molecule has 7 nitrogen and oxygen atoms in total. The summed E-state index contributed by atoms with van der Waals surface area (Å²) < 4.78 is 6.96. The Kier molecular flexibility index (Phi) is 6.43. The Labute approximate surface area is 162 Å². The third-order valence-electron chi connectivity index (χ3n) is 3.93. The van der Waals surface area contributed by atoms with Crippen molar-refractivity contribution in [1.82, 2.24) is 25.5 Å². The van der Waals surface area contributed by atoms with E-state index in [1.54, 1.807) is 11.8 Å². The molecule has 1 aromatic heterocycles. The zero-order valence-corrected chi connectivity index (χ0v) is 16.1. The molecule has 0 unspecified atom stereocenters. The second kappa shape index (κ2) is 9.18. The van der Waals surface area contributed by atoms with E-state index in [0.717, 1.165) is 22.6 Å². The van der Waals surface area contributed by atoms with Gasteiger partial charge >= 0.3 is 0 Å². The number of methoxy groups -OCH3 is 1. The lowest BCUT2D eigenvalue weighted by molar-refractivity contribution is -0.118. The fraction of sp³-hybridized carbons (Fsp3) is 0.263. The van der Waals surface area contributed by atoms with E-state index in [1.165, 1.54) is 11.8 Å². The van der Waals surface area contributed by atoms with Crippen LogP contribution in [0.15, 0.2) is 53.7 Å². The first-order valence-corrected chi connectivity index (χ1v) is 9.53. The summed E-state index contributed by atoms with van der Waals surface area (Å²) in [6, 6.07) is 15.7. The van der Waals surface area contributed by atoms with Crippen LogP contribution in [0.5, 0.6) is 5.75 Å². The number of nitrogens with zero attached hydrogens (tertiary/aromatic N) is 4. The topological polar surface area (TPSA) is 81.9 Å². The highest BCUT2D eigenvalue weighted by Crippen LogP contribution is 2.19. The Morgan fingerprint density at radius 2 is 2.07 bits per heavy atom. The van der Waals surface area contributed by atoms with Crippen molar-refractivity contribution in [2.75, 3.05) is 19.4 Å². The van der Waals surface area contributed by atoms with E-state index in [1.807, 2.05) is 55.5 Å². The van der Waals surface area contributed by atoms with Crippen LogP contribution in [0.25, 0.3) is 5.69 Å². The molecule has 0 saturated heterocycles. The van der Waals surface area contributed by atoms with Gasteiger partial charge in [0.2, 0.25) is 11.1 Å². The number of rotatable bonds is 8. The molecular formula is C19H21N5O2S. The predicted molar refractivity (Wildman–Crippen MR) is 104 cm³/mol. The van der Waals surface area contributed by atoms with Crippen molar-refractivity contribution in [3.63, 3.8) is 0 Å². The zero-order chi connectivity index (χ0) is 19.1. The van der Waals surface area contributed by atoms with Crippen LogP contribution in [0.1, 0.15) is 11.1 Å². The summed E-state index contributed by atoms with van der Waals surface area (Å²) in [4.78, 5) is 12.1. The Morgan fingerprint density at radius 1 is 1.22 bits per heavy atom. The van der Waals surface area contributed by atoms with Crippen LogP contribution >= 0.6 is 11.8 Å². The highest BCUT2D eigenvalue weighted by molar-refractivity contribution is 7.99. The van der Waals surface area contributed by atoms with Gasteiger partial charge in [-0.1, -0.05) is 42.1 Å². The van der Waals surface area contributed by atoms with Crippen molar-refractivity contribution in [2.45, 2.75) is 18.5 Å². The number of hydrogen-bond acceptors (Lipinski definition) is 6. The number of thioether (sulfide) groups is 1. The molecule has 0 saturated carbocycles. The van der Waals surface area contributed by atoms with Gasteiger partial charge in [-0.3, -0.25) is 4.79 Å². The van der Waals surface area contributed by atoms with Gasteiger partial charge < -0.3 is 10.1 Å². The molecule has 0 spiro atoms. The van der Waals surface area contributed by atoms with Gasteiger partial charge in [-0.05, 0) is 53.1 Å². The number of aromatic nitrogens is 4. The van der Waals surface area contributed by atoms with E-state index < -0.39 is 0 Å². The van der Waals surface area contributed by atoms with Gasteiger partial charge in [0, 0.05) is 6.54 Å². The average Bonchev–Trinajstić information content (AvgIpc) is 3.15. The number of tetrazole rings is 1. The molecule has 3 rings (SSSR count). The van der Waals surface area contributed by atoms with E-state index in [9.17, 15) is 4.79 Å². The monoisotopic (exact) mass is 383 g/mol. The average molecular weight is 383 g/mol. The number of benzene rings is 2. The summed E-state index contributed by atoms with van der Waals surface area (Å²) in [5.74, 6) is 1.02. The van der Waals surface area contributed by atoms with Gasteiger partial charge in [0.05, 0.1) is 18.6 Å². The highest BCUT2D eigenvalue weighted by atomic mass is 32.2. The van der Waals surface area contributed by atoms with Gasteiger partial charge in [-0.25, -0.2) is 0 Å². The lowest BCUT2D eigenvalue weighted by Crippen LogP contribution is -2.27. The van der Waals surface area contributed by atoms with Crippen LogP contribution in [-0.4, -0.2) is 45.5 Å². The molecule has 0 radical (unpaired) electrons. The minimum absolute atomic E-state index is 0.0614. The molecule has 27 heavy (non-hydrogen) atoms. The molecule has 2 aromatic carbocycles. The third-order valence-corrected chi connectivity index (χ3v) is 4.85. The molecule has 0 aliphatic carbocycles. The normalized spacial score (nSPS) is 10.6. The maximum atomic E-state index is 12.1. The number of nitrogens with one attached hydrogen (secondary N) is 1. The summed E-state index contributed by atoms with van der Waals surface area (Å²) in [6.07, 6.45) is 0.710. The van der Waals surface area contributed by atoms with E-state index in [2.05, 4.69) is 20.8 Å². The molecule has 1 heterocycles. The zero-order valence-electron chi connectivity index (χ0n) is 15.3. The van der Waals surface area contributed by atoms with Gasteiger partial charge in [-0.15, -0.1) is 5.10 Å². The number of aryl methyl sites for hydroxylation is 1. The maximum Gasteiger partial charge on any atom is 0.230 e. The fourth-order valence-corrected chi connectivity index (χ4v) is 3.34. The summed E-state index contributed by atoms with van der Waals surface area (Å²) in [7, 11) is 1.65. The van der Waals surface area contributed by atoms with Crippen molar-refractivity contribution in [3.05, 3.63) is 59.7 Å². The van der Waals surface area contributed by atoms with Crippen LogP contribution in [0.3, 0.4) is 0 Å². The molecule has 0 aliphatic rings. The second-order valence-corrected chi connectivity index (χ2v) is 6.86. The molecule has 0 fully saturated rings. The second-order valence-electron chi connectivity index (χ2n) is 5.91. The Hall–Kier alpha value is -2.87. The number of carbonyl (C=O) groups excluding carboxylic acids is 1. The van der Waals surface area contributed by atoms with Crippen molar-refractivity contribution in [1.29, 1.82) is 0 Å². The predicted octanol–water partition coefficient (Wildman–Crippen LogP) is 2.43. The Morgan fingerprint density at radius 3 is 2.89 bits per heavy atom. The number of ether oxygens (including phenoxy) is 1. The number of amides is 1. The SMILES string of the molecule is COc1ccccc1CCNC(=O)CSc1nnnn1-c1cccc(C)c1. The third kappa shape index (κ3) is 5.07. The fourth-order valence-electron chi connectivity index (χ4n) is 2.62. The molecule has 8 heteroatoms.